The van der Waals surface area contributed by atoms with Crippen LogP contribution in [0.5, 0.6) is 0 Å². The van der Waals surface area contributed by atoms with Gasteiger partial charge in [-0.2, -0.15) is 0 Å². The molecule has 2 rings (SSSR count). The Morgan fingerprint density at radius 3 is 2.78 bits per heavy atom. The summed E-state index contributed by atoms with van der Waals surface area (Å²) >= 11 is 0. The number of likely N-dealkylation sites (N-methyl/N-ethyl adjacent to an activating group) is 1. The first-order chi connectivity index (χ1) is 8.50. The van der Waals surface area contributed by atoms with Crippen LogP contribution in [0.4, 0.5) is 0 Å². The number of hydrogen-bond acceptors (Lipinski definition) is 3. The smallest absolute Gasteiger partial charge is 0.320 e. The Hall–Kier alpha value is -1.81. The van der Waals surface area contributed by atoms with E-state index in [-0.39, 0.29) is 0 Å². The molecule has 1 aromatic heterocycles. The molecule has 1 aromatic carbocycles. The number of carbonyl (C=O) groups is 1. The lowest BCUT2D eigenvalue weighted by Gasteiger charge is -2.20. The van der Waals surface area contributed by atoms with E-state index in [1.807, 2.05) is 31.2 Å². The van der Waals surface area contributed by atoms with Crippen molar-refractivity contribution in [3.63, 3.8) is 0 Å². The van der Waals surface area contributed by atoms with Crippen LogP contribution in [0.3, 0.4) is 0 Å². The highest BCUT2D eigenvalue weighted by Gasteiger charge is 2.19. The van der Waals surface area contributed by atoms with Crippen LogP contribution < -0.4 is 0 Å². The number of aliphatic carboxylic acids is 1. The van der Waals surface area contributed by atoms with Crippen molar-refractivity contribution in [1.82, 2.24) is 4.90 Å². The Morgan fingerprint density at radius 1 is 1.44 bits per heavy atom. The van der Waals surface area contributed by atoms with E-state index in [2.05, 4.69) is 0 Å². The van der Waals surface area contributed by atoms with Crippen LogP contribution in [-0.4, -0.2) is 29.1 Å². The van der Waals surface area contributed by atoms with E-state index < -0.39 is 12.0 Å². The van der Waals surface area contributed by atoms with Gasteiger partial charge in [0.15, 0.2) is 0 Å². The summed E-state index contributed by atoms with van der Waals surface area (Å²) in [5.41, 5.74) is 1.91. The highest BCUT2D eigenvalue weighted by atomic mass is 16.4. The topological polar surface area (TPSA) is 53.7 Å². The van der Waals surface area contributed by atoms with Crippen LogP contribution in [-0.2, 0) is 11.3 Å². The first kappa shape index (κ1) is 12.6. The molecule has 4 heteroatoms. The Morgan fingerprint density at radius 2 is 2.11 bits per heavy atom. The third-order valence-corrected chi connectivity index (χ3v) is 3.33. The first-order valence-corrected chi connectivity index (χ1v) is 5.90. The monoisotopic (exact) mass is 247 g/mol. The Kier molecular flexibility index (Phi) is 3.39. The molecule has 18 heavy (non-hydrogen) atoms. The fourth-order valence-corrected chi connectivity index (χ4v) is 1.99. The van der Waals surface area contributed by atoms with Gasteiger partial charge in [0.2, 0.25) is 0 Å². The van der Waals surface area contributed by atoms with Gasteiger partial charge < -0.3 is 9.52 Å². The maximum absolute atomic E-state index is 11.0. The van der Waals surface area contributed by atoms with Gasteiger partial charge in [0.05, 0.1) is 0 Å². The van der Waals surface area contributed by atoms with Gasteiger partial charge in [0.1, 0.15) is 17.4 Å². The molecule has 0 radical (unpaired) electrons. The Labute approximate surface area is 106 Å². The van der Waals surface area contributed by atoms with Crippen molar-refractivity contribution in [3.05, 3.63) is 35.6 Å². The van der Waals surface area contributed by atoms with Crippen molar-refractivity contribution in [2.75, 3.05) is 7.05 Å². The van der Waals surface area contributed by atoms with Gasteiger partial charge in [-0.25, -0.2) is 0 Å². The SMILES string of the molecule is Cc1oc2ccccc2c1CN(C)C(C)C(=O)O. The highest BCUT2D eigenvalue weighted by Crippen LogP contribution is 2.26. The number of para-hydroxylation sites is 1. The van der Waals surface area contributed by atoms with Crippen LogP contribution in [0.25, 0.3) is 11.0 Å². The first-order valence-electron chi connectivity index (χ1n) is 5.90. The Balaban J connectivity index is 2.31. The number of fused-ring (bicyclic) bond motifs is 1. The van der Waals surface area contributed by atoms with Gasteiger partial charge in [-0.05, 0) is 27.0 Å². The molecule has 0 saturated heterocycles. The van der Waals surface area contributed by atoms with Crippen LogP contribution >= 0.6 is 0 Å². The van der Waals surface area contributed by atoms with E-state index in [4.69, 9.17) is 9.52 Å². The zero-order chi connectivity index (χ0) is 13.3. The van der Waals surface area contributed by atoms with E-state index in [1.165, 1.54) is 0 Å². The Bertz CT molecular complexity index is 573. The van der Waals surface area contributed by atoms with Gasteiger partial charge >= 0.3 is 5.97 Å². The second-order valence-corrected chi connectivity index (χ2v) is 4.56. The van der Waals surface area contributed by atoms with Crippen LogP contribution in [0, 0.1) is 6.92 Å². The third kappa shape index (κ3) is 2.24. The number of carboxylic acids is 1. The predicted molar refractivity (Wildman–Crippen MR) is 69.5 cm³/mol. The summed E-state index contributed by atoms with van der Waals surface area (Å²) in [5, 5.41) is 10.1. The molecular formula is C14H17NO3. The molecule has 0 bridgehead atoms. The zero-order valence-corrected chi connectivity index (χ0v) is 10.8. The molecule has 0 aliphatic rings. The number of nitrogens with zero attached hydrogens (tertiary/aromatic N) is 1. The molecular weight excluding hydrogens is 230 g/mol. The average molecular weight is 247 g/mol. The van der Waals surface area contributed by atoms with E-state index >= 15 is 0 Å². The molecule has 4 nitrogen and oxygen atoms in total. The summed E-state index contributed by atoms with van der Waals surface area (Å²) in [4.78, 5) is 12.8. The number of furan rings is 1. The fourth-order valence-electron chi connectivity index (χ4n) is 1.99. The van der Waals surface area contributed by atoms with Crippen molar-refractivity contribution in [2.24, 2.45) is 0 Å². The molecule has 0 aliphatic carbocycles. The minimum absolute atomic E-state index is 0.516. The summed E-state index contributed by atoms with van der Waals surface area (Å²) in [5.74, 6) is 0.0311. The maximum atomic E-state index is 11.0. The fraction of sp³-hybridized carbons (Fsp3) is 0.357. The average Bonchev–Trinajstić information content (AvgIpc) is 2.65. The highest BCUT2D eigenvalue weighted by molar-refractivity contribution is 5.82. The van der Waals surface area contributed by atoms with Gasteiger partial charge in [-0.3, -0.25) is 9.69 Å². The molecule has 1 atom stereocenters. The van der Waals surface area contributed by atoms with Gasteiger partial charge in [0.25, 0.3) is 0 Å². The standard InChI is InChI=1S/C14H17NO3/c1-9(14(16)17)15(3)8-12-10(2)18-13-7-5-4-6-11(12)13/h4-7,9H,8H2,1-3H3,(H,16,17). The largest absolute Gasteiger partial charge is 0.480 e. The summed E-state index contributed by atoms with van der Waals surface area (Å²) < 4.78 is 5.67. The number of hydrogen-bond donors (Lipinski definition) is 1. The molecule has 0 fully saturated rings. The summed E-state index contributed by atoms with van der Waals surface area (Å²) in [6.45, 7) is 4.16. The van der Waals surface area contributed by atoms with Crippen molar-refractivity contribution in [1.29, 1.82) is 0 Å². The third-order valence-electron chi connectivity index (χ3n) is 3.33. The van der Waals surface area contributed by atoms with Crippen LogP contribution in [0.15, 0.2) is 28.7 Å². The number of rotatable bonds is 4. The summed E-state index contributed by atoms with van der Waals surface area (Å²) in [6.07, 6.45) is 0. The molecule has 96 valence electrons. The molecule has 0 spiro atoms. The van der Waals surface area contributed by atoms with E-state index in [0.29, 0.717) is 6.54 Å². The lowest BCUT2D eigenvalue weighted by molar-refractivity contribution is -0.142. The van der Waals surface area contributed by atoms with Gasteiger partial charge in [-0.15, -0.1) is 0 Å². The second kappa shape index (κ2) is 4.82. The molecule has 0 amide bonds. The molecule has 2 aromatic rings. The summed E-state index contributed by atoms with van der Waals surface area (Å²) in [6, 6.07) is 7.30. The van der Waals surface area contributed by atoms with E-state index in [0.717, 1.165) is 22.3 Å². The lowest BCUT2D eigenvalue weighted by atomic mass is 10.1. The van der Waals surface area contributed by atoms with E-state index in [1.54, 1.807) is 18.9 Å². The molecule has 1 unspecified atom stereocenters. The van der Waals surface area contributed by atoms with Crippen molar-refractivity contribution >= 4 is 16.9 Å². The molecule has 0 saturated carbocycles. The molecule has 1 heterocycles. The minimum Gasteiger partial charge on any atom is -0.480 e. The second-order valence-electron chi connectivity index (χ2n) is 4.56. The minimum atomic E-state index is -0.817. The van der Waals surface area contributed by atoms with Gasteiger partial charge in [0, 0.05) is 17.5 Å². The number of benzene rings is 1. The summed E-state index contributed by atoms with van der Waals surface area (Å²) in [7, 11) is 1.81. The zero-order valence-electron chi connectivity index (χ0n) is 10.8. The van der Waals surface area contributed by atoms with Crippen LogP contribution in [0.2, 0.25) is 0 Å². The maximum Gasteiger partial charge on any atom is 0.320 e. The lowest BCUT2D eigenvalue weighted by Crippen LogP contribution is -2.35. The number of carboxylic acid groups (broad SMARTS) is 1. The van der Waals surface area contributed by atoms with Crippen molar-refractivity contribution in [3.8, 4) is 0 Å². The predicted octanol–water partition coefficient (Wildman–Crippen LogP) is 2.65. The van der Waals surface area contributed by atoms with Crippen LogP contribution in [0.1, 0.15) is 18.2 Å². The van der Waals surface area contributed by atoms with E-state index in [9.17, 15) is 4.79 Å². The van der Waals surface area contributed by atoms with Crippen molar-refractivity contribution in [2.45, 2.75) is 26.4 Å². The van der Waals surface area contributed by atoms with Crippen molar-refractivity contribution < 1.29 is 14.3 Å². The molecule has 0 aliphatic heterocycles. The quantitative estimate of drug-likeness (QED) is 0.902. The number of aryl methyl sites for hydroxylation is 1. The molecule has 1 N–H and O–H groups in total. The normalized spacial score (nSPS) is 13.1. The van der Waals surface area contributed by atoms with Gasteiger partial charge in [-0.1, -0.05) is 18.2 Å².